The van der Waals surface area contributed by atoms with Crippen LogP contribution in [0.25, 0.3) is 0 Å². The number of likely N-dealkylation sites (N-methyl/N-ethyl adjacent to an activating group) is 1. The maximum atomic E-state index is 12.4. The lowest BCUT2D eigenvalue weighted by Crippen LogP contribution is -2.46. The van der Waals surface area contributed by atoms with E-state index >= 15 is 0 Å². The minimum absolute atomic E-state index is 0.0726. The first-order valence-corrected chi connectivity index (χ1v) is 8.98. The van der Waals surface area contributed by atoms with Crippen LogP contribution in [0.1, 0.15) is 17.5 Å². The maximum Gasteiger partial charge on any atom is 0.291 e. The van der Waals surface area contributed by atoms with Gasteiger partial charge in [-0.3, -0.25) is 9.59 Å². The number of ether oxygens (including phenoxy) is 1. The summed E-state index contributed by atoms with van der Waals surface area (Å²) in [6, 6.07) is 8.47. The van der Waals surface area contributed by atoms with Crippen molar-refractivity contribution in [1.29, 1.82) is 0 Å². The van der Waals surface area contributed by atoms with Gasteiger partial charge in [0.1, 0.15) is 5.75 Å². The smallest absolute Gasteiger partial charge is 0.291 e. The average Bonchev–Trinajstić information content (AvgIpc) is 3.02. The molecule has 7 nitrogen and oxygen atoms in total. The normalized spacial score (nSPS) is 16.4. The summed E-state index contributed by atoms with van der Waals surface area (Å²) in [5.41, 5.74) is 1.27. The Morgan fingerprint density at radius 3 is 2.73 bits per heavy atom. The van der Waals surface area contributed by atoms with Crippen molar-refractivity contribution in [2.75, 3.05) is 37.4 Å². The van der Waals surface area contributed by atoms with Gasteiger partial charge in [-0.15, -0.1) is 0 Å². The number of hydrogen-bond acceptors (Lipinski definition) is 5. The molecule has 0 spiro atoms. The monoisotopic (exact) mass is 421 g/mol. The summed E-state index contributed by atoms with van der Waals surface area (Å²) in [5, 5.41) is 2.77. The maximum absolute atomic E-state index is 12.4. The third kappa shape index (κ3) is 3.91. The van der Waals surface area contributed by atoms with Gasteiger partial charge in [0.2, 0.25) is 0 Å². The Kier molecular flexibility index (Phi) is 5.33. The molecule has 1 atom stereocenters. The summed E-state index contributed by atoms with van der Waals surface area (Å²) in [6.07, 6.45) is -0.573. The second-order valence-corrected chi connectivity index (χ2v) is 7.08. The van der Waals surface area contributed by atoms with Crippen molar-refractivity contribution >= 4 is 39.1 Å². The number of hydrogen-bond donors (Lipinski definition) is 1. The summed E-state index contributed by atoms with van der Waals surface area (Å²) in [6.45, 7) is 3.03. The first-order valence-electron chi connectivity index (χ1n) is 8.18. The van der Waals surface area contributed by atoms with Crippen molar-refractivity contribution in [3.63, 3.8) is 0 Å². The van der Waals surface area contributed by atoms with E-state index in [1.807, 2.05) is 19.0 Å². The van der Waals surface area contributed by atoms with Gasteiger partial charge in [0, 0.05) is 24.8 Å². The standard InChI is InChI=1S/C18H20BrN3O4/c1-11-18(24)22(9-8-21(2)3)13-5-4-12(10-15(13)25-11)20-17(23)14-6-7-16(19)26-14/h4-7,10-11H,8-9H2,1-3H3,(H,20,23). The molecule has 1 N–H and O–H groups in total. The van der Waals surface area contributed by atoms with Crippen molar-refractivity contribution in [2.45, 2.75) is 13.0 Å². The third-order valence-corrected chi connectivity index (χ3v) is 4.42. The van der Waals surface area contributed by atoms with Gasteiger partial charge >= 0.3 is 0 Å². The van der Waals surface area contributed by atoms with Crippen LogP contribution in [0, 0.1) is 0 Å². The number of fused-ring (bicyclic) bond motifs is 1. The fraction of sp³-hybridized carbons (Fsp3) is 0.333. The Balaban J connectivity index is 1.81. The van der Waals surface area contributed by atoms with Crippen molar-refractivity contribution < 1.29 is 18.7 Å². The summed E-state index contributed by atoms with van der Waals surface area (Å²) in [5.74, 6) is 0.331. The fourth-order valence-electron chi connectivity index (χ4n) is 2.65. The zero-order valence-corrected chi connectivity index (χ0v) is 16.4. The molecule has 3 rings (SSSR count). The highest BCUT2D eigenvalue weighted by Crippen LogP contribution is 2.36. The van der Waals surface area contributed by atoms with E-state index in [4.69, 9.17) is 9.15 Å². The van der Waals surface area contributed by atoms with Gasteiger partial charge in [-0.1, -0.05) is 0 Å². The van der Waals surface area contributed by atoms with E-state index in [0.717, 1.165) is 6.54 Å². The molecule has 8 heteroatoms. The number of furan rings is 1. The van der Waals surface area contributed by atoms with Crippen LogP contribution in [0.15, 0.2) is 39.4 Å². The average molecular weight is 422 g/mol. The molecule has 1 aromatic heterocycles. The van der Waals surface area contributed by atoms with Crippen molar-refractivity contribution in [3.05, 3.63) is 40.8 Å². The molecule has 2 amide bonds. The van der Waals surface area contributed by atoms with Crippen molar-refractivity contribution in [3.8, 4) is 5.75 Å². The molecule has 1 unspecified atom stereocenters. The molecule has 0 bridgehead atoms. The van der Waals surface area contributed by atoms with Crippen LogP contribution in [0.5, 0.6) is 5.75 Å². The fourth-order valence-corrected chi connectivity index (χ4v) is 2.95. The van der Waals surface area contributed by atoms with E-state index in [0.29, 0.717) is 28.3 Å². The van der Waals surface area contributed by atoms with Crippen LogP contribution in [0.2, 0.25) is 0 Å². The lowest BCUT2D eigenvalue weighted by atomic mass is 10.1. The Hall–Kier alpha value is -2.32. The second kappa shape index (κ2) is 7.51. The predicted molar refractivity (Wildman–Crippen MR) is 102 cm³/mol. The van der Waals surface area contributed by atoms with Gasteiger partial charge in [-0.25, -0.2) is 0 Å². The van der Waals surface area contributed by atoms with Gasteiger partial charge in [0.25, 0.3) is 11.8 Å². The molecule has 0 aliphatic carbocycles. The summed E-state index contributed by atoms with van der Waals surface area (Å²) in [7, 11) is 3.92. The quantitative estimate of drug-likeness (QED) is 0.802. The number of nitrogens with zero attached hydrogens (tertiary/aromatic N) is 2. The molecular weight excluding hydrogens is 402 g/mol. The highest BCUT2D eigenvalue weighted by molar-refractivity contribution is 9.10. The molecule has 138 valence electrons. The molecule has 1 aliphatic heterocycles. The summed E-state index contributed by atoms with van der Waals surface area (Å²) >= 11 is 3.17. The Morgan fingerprint density at radius 2 is 2.08 bits per heavy atom. The molecule has 2 aromatic rings. The number of carbonyl (C=O) groups is 2. The molecule has 0 saturated carbocycles. The molecular formula is C18H20BrN3O4. The molecule has 0 radical (unpaired) electrons. The summed E-state index contributed by atoms with van der Waals surface area (Å²) in [4.78, 5) is 28.4. The van der Waals surface area contributed by atoms with Gasteiger partial charge in [0.05, 0.1) is 5.69 Å². The molecule has 0 saturated heterocycles. The van der Waals surface area contributed by atoms with Crippen LogP contribution >= 0.6 is 15.9 Å². The number of carbonyl (C=O) groups excluding carboxylic acids is 2. The van der Waals surface area contributed by atoms with Crippen LogP contribution in [-0.4, -0.2) is 50.0 Å². The van der Waals surface area contributed by atoms with Crippen LogP contribution in [0.4, 0.5) is 11.4 Å². The molecule has 1 aromatic carbocycles. The summed E-state index contributed by atoms with van der Waals surface area (Å²) < 4.78 is 11.5. The van der Waals surface area contributed by atoms with E-state index in [-0.39, 0.29) is 17.6 Å². The van der Waals surface area contributed by atoms with Gasteiger partial charge in [-0.05, 0) is 61.2 Å². The van der Waals surface area contributed by atoms with E-state index < -0.39 is 6.10 Å². The largest absolute Gasteiger partial charge is 0.479 e. The molecule has 0 fully saturated rings. The number of halogens is 1. The Bertz CT molecular complexity index is 834. The minimum atomic E-state index is -0.573. The van der Waals surface area contributed by atoms with Crippen LogP contribution in [0.3, 0.4) is 0 Å². The Morgan fingerprint density at radius 1 is 1.31 bits per heavy atom. The van der Waals surface area contributed by atoms with Gasteiger partial charge in [-0.2, -0.15) is 0 Å². The van der Waals surface area contributed by atoms with Gasteiger partial charge < -0.3 is 24.3 Å². The Labute approximate surface area is 160 Å². The van der Waals surface area contributed by atoms with Crippen LogP contribution in [-0.2, 0) is 4.79 Å². The topological polar surface area (TPSA) is 75.0 Å². The van der Waals surface area contributed by atoms with E-state index in [9.17, 15) is 9.59 Å². The van der Waals surface area contributed by atoms with Crippen molar-refractivity contribution in [2.24, 2.45) is 0 Å². The molecule has 26 heavy (non-hydrogen) atoms. The van der Waals surface area contributed by atoms with E-state index in [1.54, 1.807) is 42.2 Å². The first-order chi connectivity index (χ1) is 12.3. The lowest BCUT2D eigenvalue weighted by molar-refractivity contribution is -0.125. The third-order valence-electron chi connectivity index (χ3n) is 3.99. The number of benzene rings is 1. The highest BCUT2D eigenvalue weighted by atomic mass is 79.9. The van der Waals surface area contributed by atoms with Gasteiger partial charge in [0.15, 0.2) is 16.5 Å². The number of amides is 2. The molecule has 1 aliphatic rings. The minimum Gasteiger partial charge on any atom is -0.479 e. The number of anilines is 2. The first kappa shape index (κ1) is 18.5. The van der Waals surface area contributed by atoms with E-state index in [2.05, 4.69) is 21.2 Å². The zero-order valence-electron chi connectivity index (χ0n) is 14.8. The molecule has 2 heterocycles. The lowest BCUT2D eigenvalue weighted by Gasteiger charge is -2.34. The van der Waals surface area contributed by atoms with E-state index in [1.165, 1.54) is 0 Å². The highest BCUT2D eigenvalue weighted by Gasteiger charge is 2.31. The SMILES string of the molecule is CC1Oc2cc(NC(=O)c3ccc(Br)o3)ccc2N(CCN(C)C)C1=O. The number of rotatable bonds is 5. The van der Waals surface area contributed by atoms with Crippen LogP contribution < -0.4 is 15.0 Å². The predicted octanol–water partition coefficient (Wildman–Crippen LogP) is 2.97. The second-order valence-electron chi connectivity index (χ2n) is 6.29. The van der Waals surface area contributed by atoms with Crippen molar-refractivity contribution in [1.82, 2.24) is 4.90 Å². The zero-order chi connectivity index (χ0) is 18.8. The number of nitrogens with one attached hydrogen (secondary N) is 1.